The van der Waals surface area contributed by atoms with Crippen LogP contribution < -0.4 is 4.80 Å². The zero-order valence-corrected chi connectivity index (χ0v) is 20.9. The van der Waals surface area contributed by atoms with Crippen LogP contribution >= 0.6 is 11.3 Å². The second-order valence-corrected chi connectivity index (χ2v) is 11.2. The van der Waals surface area contributed by atoms with Crippen molar-refractivity contribution in [3.8, 4) is 0 Å². The number of sulfone groups is 1. The van der Waals surface area contributed by atoms with Crippen LogP contribution in [0.1, 0.15) is 45.1 Å². The van der Waals surface area contributed by atoms with E-state index in [-0.39, 0.29) is 36.6 Å². The molecule has 3 rings (SSSR count). The summed E-state index contributed by atoms with van der Waals surface area (Å²) in [5.41, 5.74) is 1.90. The van der Waals surface area contributed by atoms with Crippen LogP contribution in [-0.2, 0) is 30.7 Å². The molecule has 0 unspecified atom stereocenters. The lowest BCUT2D eigenvalue weighted by atomic mass is 10.0. The van der Waals surface area contributed by atoms with Gasteiger partial charge in [0.05, 0.1) is 27.5 Å². The fourth-order valence-electron chi connectivity index (χ4n) is 3.36. The molecule has 0 saturated heterocycles. The fraction of sp³-hybridized carbons (Fsp3) is 0.375. The number of carbonyl (C=O) groups is 2. The van der Waals surface area contributed by atoms with Gasteiger partial charge in [0.1, 0.15) is 12.4 Å². The predicted molar refractivity (Wildman–Crippen MR) is 129 cm³/mol. The minimum Gasteiger partial charge on any atom is -0.465 e. The maximum Gasteiger partial charge on any atom is 0.326 e. The van der Waals surface area contributed by atoms with Crippen LogP contribution in [-0.4, -0.2) is 37.2 Å². The summed E-state index contributed by atoms with van der Waals surface area (Å²) >= 11 is 1.30. The highest BCUT2D eigenvalue weighted by molar-refractivity contribution is 7.91. The van der Waals surface area contributed by atoms with Crippen molar-refractivity contribution in [2.24, 2.45) is 4.99 Å². The topological polar surface area (TPSA) is 94.8 Å². The Labute approximate surface area is 201 Å². The molecule has 0 aliphatic heterocycles. The third-order valence-corrected chi connectivity index (χ3v) is 8.02. The van der Waals surface area contributed by atoms with Crippen molar-refractivity contribution >= 4 is 43.3 Å². The third kappa shape index (κ3) is 6.38. The number of ether oxygens (including phenoxy) is 1. The van der Waals surface area contributed by atoms with Crippen LogP contribution in [0, 0.1) is 5.82 Å². The van der Waals surface area contributed by atoms with E-state index < -0.39 is 27.5 Å². The fourth-order valence-corrected chi connectivity index (χ4v) is 5.76. The van der Waals surface area contributed by atoms with Gasteiger partial charge in [-0.15, -0.1) is 0 Å². The monoisotopic (exact) mass is 506 g/mol. The summed E-state index contributed by atoms with van der Waals surface area (Å²) in [7, 11) is -3.63. The summed E-state index contributed by atoms with van der Waals surface area (Å²) in [6, 6.07) is 10.5. The van der Waals surface area contributed by atoms with E-state index in [0.29, 0.717) is 10.7 Å². The Bertz CT molecular complexity index is 1360. The first-order valence-electron chi connectivity index (χ1n) is 11.0. The van der Waals surface area contributed by atoms with E-state index in [2.05, 4.69) is 18.8 Å². The van der Waals surface area contributed by atoms with Gasteiger partial charge < -0.3 is 9.30 Å². The Balaban J connectivity index is 1.82. The number of amides is 1. The predicted octanol–water partition coefficient (Wildman–Crippen LogP) is 4.21. The zero-order valence-electron chi connectivity index (χ0n) is 19.3. The number of hydrogen-bond donors (Lipinski definition) is 0. The highest BCUT2D eigenvalue weighted by atomic mass is 32.2. The molecular formula is C24H27FN2O5S2. The summed E-state index contributed by atoms with van der Waals surface area (Å²) in [4.78, 5) is 29.3. The molecule has 2 aromatic carbocycles. The van der Waals surface area contributed by atoms with E-state index in [1.54, 1.807) is 11.5 Å². The third-order valence-electron chi connectivity index (χ3n) is 5.16. The maximum absolute atomic E-state index is 13.1. The SMILES string of the molecule is CCOC(=O)Cn1c(=NC(=O)CCCS(=O)(=O)c2ccc(F)cc2)sc2cc(C(C)C)ccc21. The molecule has 1 heterocycles. The van der Waals surface area contributed by atoms with Crippen molar-refractivity contribution in [3.63, 3.8) is 0 Å². The van der Waals surface area contributed by atoms with Crippen molar-refractivity contribution in [2.45, 2.75) is 51.0 Å². The average molecular weight is 507 g/mol. The minimum atomic E-state index is -3.63. The smallest absolute Gasteiger partial charge is 0.326 e. The lowest BCUT2D eigenvalue weighted by molar-refractivity contribution is -0.143. The van der Waals surface area contributed by atoms with Gasteiger partial charge in [-0.2, -0.15) is 4.99 Å². The van der Waals surface area contributed by atoms with Gasteiger partial charge in [0.25, 0.3) is 0 Å². The highest BCUT2D eigenvalue weighted by Gasteiger charge is 2.16. The molecule has 0 saturated carbocycles. The van der Waals surface area contributed by atoms with E-state index in [4.69, 9.17) is 4.74 Å². The molecule has 1 amide bonds. The molecule has 0 fully saturated rings. The van der Waals surface area contributed by atoms with E-state index in [9.17, 15) is 22.4 Å². The highest BCUT2D eigenvalue weighted by Crippen LogP contribution is 2.24. The quantitative estimate of drug-likeness (QED) is 0.320. The van der Waals surface area contributed by atoms with Crippen molar-refractivity contribution in [3.05, 3.63) is 58.6 Å². The second kappa shape index (κ2) is 11.1. The molecule has 10 heteroatoms. The molecule has 3 aromatic rings. The lowest BCUT2D eigenvalue weighted by Gasteiger charge is -2.07. The largest absolute Gasteiger partial charge is 0.465 e. The Morgan fingerprint density at radius 1 is 1.15 bits per heavy atom. The first-order valence-corrected chi connectivity index (χ1v) is 13.4. The van der Waals surface area contributed by atoms with Gasteiger partial charge in [-0.1, -0.05) is 31.3 Å². The van der Waals surface area contributed by atoms with Gasteiger partial charge >= 0.3 is 5.97 Å². The van der Waals surface area contributed by atoms with E-state index in [1.807, 2.05) is 18.2 Å². The number of carbonyl (C=O) groups excluding carboxylic acids is 2. The van der Waals surface area contributed by atoms with Gasteiger partial charge in [0.2, 0.25) is 5.91 Å². The van der Waals surface area contributed by atoms with Crippen molar-refractivity contribution < 1.29 is 27.1 Å². The Kier molecular flexibility index (Phi) is 8.37. The number of hydrogen-bond acceptors (Lipinski definition) is 6. The van der Waals surface area contributed by atoms with Crippen molar-refractivity contribution in [1.82, 2.24) is 4.57 Å². The first-order chi connectivity index (χ1) is 16.1. The number of rotatable bonds is 9. The molecule has 0 spiro atoms. The molecule has 0 aliphatic carbocycles. The Morgan fingerprint density at radius 3 is 2.50 bits per heavy atom. The molecule has 7 nitrogen and oxygen atoms in total. The summed E-state index contributed by atoms with van der Waals surface area (Å²) in [6.07, 6.45) is -0.00632. The summed E-state index contributed by atoms with van der Waals surface area (Å²) < 4.78 is 45.5. The van der Waals surface area contributed by atoms with Crippen LogP contribution in [0.2, 0.25) is 0 Å². The van der Waals surface area contributed by atoms with Gasteiger partial charge in [-0.05, 0) is 61.2 Å². The van der Waals surface area contributed by atoms with E-state index in [0.717, 1.165) is 27.9 Å². The first kappa shape index (κ1) is 25.8. The molecule has 0 aliphatic rings. The Morgan fingerprint density at radius 2 is 1.85 bits per heavy atom. The molecule has 182 valence electrons. The van der Waals surface area contributed by atoms with E-state index in [1.165, 1.54) is 23.5 Å². The number of aromatic nitrogens is 1. The molecule has 0 N–H and O–H groups in total. The number of fused-ring (bicyclic) bond motifs is 1. The number of nitrogens with zero attached hydrogens (tertiary/aromatic N) is 2. The van der Waals surface area contributed by atoms with Crippen LogP contribution in [0.15, 0.2) is 52.4 Å². The summed E-state index contributed by atoms with van der Waals surface area (Å²) in [5.74, 6) is -1.38. The summed E-state index contributed by atoms with van der Waals surface area (Å²) in [6.45, 7) is 6.04. The van der Waals surface area contributed by atoms with Crippen molar-refractivity contribution in [1.29, 1.82) is 0 Å². The molecule has 0 radical (unpaired) electrons. The van der Waals surface area contributed by atoms with Gasteiger partial charge in [-0.3, -0.25) is 9.59 Å². The standard InChI is InChI=1S/C24H27FN2O5S2/c1-4-32-23(29)15-27-20-12-7-17(16(2)3)14-21(20)33-24(27)26-22(28)6-5-13-34(30,31)19-10-8-18(25)9-11-19/h7-12,14,16H,4-6,13,15H2,1-3H3. The second-order valence-electron chi connectivity index (χ2n) is 8.04. The number of halogens is 1. The van der Waals surface area contributed by atoms with Crippen LogP contribution in [0.5, 0.6) is 0 Å². The van der Waals surface area contributed by atoms with Gasteiger partial charge in [-0.25, -0.2) is 12.8 Å². The number of esters is 1. The molecule has 34 heavy (non-hydrogen) atoms. The normalized spacial score (nSPS) is 12.4. The lowest BCUT2D eigenvalue weighted by Crippen LogP contribution is -2.23. The average Bonchev–Trinajstić information content (AvgIpc) is 3.10. The van der Waals surface area contributed by atoms with Crippen LogP contribution in [0.25, 0.3) is 10.2 Å². The molecule has 1 aromatic heterocycles. The van der Waals surface area contributed by atoms with Crippen LogP contribution in [0.3, 0.4) is 0 Å². The zero-order chi connectivity index (χ0) is 24.9. The number of thiazole rings is 1. The summed E-state index contributed by atoms with van der Waals surface area (Å²) in [5, 5.41) is 0. The maximum atomic E-state index is 13.1. The molecule has 0 atom stereocenters. The van der Waals surface area contributed by atoms with Gasteiger partial charge in [0.15, 0.2) is 14.6 Å². The minimum absolute atomic E-state index is 0.0102. The van der Waals surface area contributed by atoms with Crippen molar-refractivity contribution in [2.75, 3.05) is 12.4 Å². The van der Waals surface area contributed by atoms with Gasteiger partial charge in [0, 0.05) is 6.42 Å². The van der Waals surface area contributed by atoms with E-state index >= 15 is 0 Å². The Hall–Kier alpha value is -2.85. The van der Waals surface area contributed by atoms with Crippen LogP contribution in [0.4, 0.5) is 4.39 Å². The number of benzene rings is 2. The molecule has 0 bridgehead atoms. The molecular weight excluding hydrogens is 479 g/mol.